The van der Waals surface area contributed by atoms with E-state index in [-0.39, 0.29) is 5.60 Å². The molecule has 0 aromatic carbocycles. The summed E-state index contributed by atoms with van der Waals surface area (Å²) in [6.45, 7) is 5.51. The second kappa shape index (κ2) is 11.4. The third-order valence-electron chi connectivity index (χ3n) is 4.35. The van der Waals surface area contributed by atoms with Gasteiger partial charge in [0.25, 0.3) is 0 Å². The number of hydrogen-bond acceptors (Lipinski definition) is 1. The lowest BCUT2D eigenvalue weighted by Crippen LogP contribution is -2.02. The average Bonchev–Trinajstić information content (AvgIpc) is 3.17. The minimum Gasteiger partial charge on any atom is -0.370 e. The summed E-state index contributed by atoms with van der Waals surface area (Å²) in [6.07, 6.45) is 22.6. The van der Waals surface area contributed by atoms with Crippen LogP contribution in [0, 0.1) is 0 Å². The Morgan fingerprint density at radius 3 is 1.85 bits per heavy atom. The zero-order valence-corrected chi connectivity index (χ0v) is 14.0. The molecule has 20 heavy (non-hydrogen) atoms. The lowest BCUT2D eigenvalue weighted by atomic mass is 10.0. The summed E-state index contributed by atoms with van der Waals surface area (Å²) < 4.78 is 5.40. The van der Waals surface area contributed by atoms with Crippen LogP contribution in [0.5, 0.6) is 0 Å². The molecule has 0 saturated carbocycles. The van der Waals surface area contributed by atoms with E-state index in [2.05, 4.69) is 26.0 Å². The maximum atomic E-state index is 5.40. The van der Waals surface area contributed by atoms with E-state index >= 15 is 0 Å². The van der Waals surface area contributed by atoms with E-state index in [1.165, 1.54) is 83.5 Å². The summed E-state index contributed by atoms with van der Waals surface area (Å²) in [5.74, 6) is 0. The number of rotatable bonds is 14. The zero-order chi connectivity index (χ0) is 14.5. The third kappa shape index (κ3) is 10.5. The highest BCUT2D eigenvalue weighted by Gasteiger charge is 2.37. The Bertz CT molecular complexity index is 240. The van der Waals surface area contributed by atoms with Crippen molar-refractivity contribution in [3.05, 3.63) is 12.2 Å². The smallest absolute Gasteiger partial charge is 0.0888 e. The molecule has 0 bridgehead atoms. The van der Waals surface area contributed by atoms with Gasteiger partial charge in [0.1, 0.15) is 0 Å². The molecule has 0 aromatic heterocycles. The SMILES string of the molecule is CCCCCCCCCC=CCCCCCC1(C)CO1. The topological polar surface area (TPSA) is 12.5 Å². The maximum Gasteiger partial charge on any atom is 0.0888 e. The first kappa shape index (κ1) is 17.8. The average molecular weight is 280 g/mol. The summed E-state index contributed by atoms with van der Waals surface area (Å²) in [4.78, 5) is 0. The van der Waals surface area contributed by atoms with Crippen LogP contribution in [-0.4, -0.2) is 12.2 Å². The van der Waals surface area contributed by atoms with Crippen LogP contribution < -0.4 is 0 Å². The van der Waals surface area contributed by atoms with Gasteiger partial charge in [0.15, 0.2) is 0 Å². The lowest BCUT2D eigenvalue weighted by Gasteiger charge is -2.03. The molecule has 1 atom stereocenters. The fourth-order valence-corrected chi connectivity index (χ4v) is 2.66. The van der Waals surface area contributed by atoms with Gasteiger partial charge in [0.2, 0.25) is 0 Å². The van der Waals surface area contributed by atoms with E-state index in [1.807, 2.05) is 0 Å². The Labute approximate surface area is 127 Å². The molecule has 1 heteroatoms. The van der Waals surface area contributed by atoms with Crippen LogP contribution in [0.4, 0.5) is 0 Å². The van der Waals surface area contributed by atoms with Crippen molar-refractivity contribution in [3.63, 3.8) is 0 Å². The summed E-state index contributed by atoms with van der Waals surface area (Å²) >= 11 is 0. The van der Waals surface area contributed by atoms with Crippen LogP contribution in [0.15, 0.2) is 12.2 Å². The second-order valence-electron chi connectivity index (χ2n) is 6.72. The predicted molar refractivity (Wildman–Crippen MR) is 89.2 cm³/mol. The van der Waals surface area contributed by atoms with Crippen LogP contribution in [0.1, 0.15) is 97.3 Å². The lowest BCUT2D eigenvalue weighted by molar-refractivity contribution is 0.301. The van der Waals surface area contributed by atoms with Crippen LogP contribution >= 0.6 is 0 Å². The van der Waals surface area contributed by atoms with Crippen molar-refractivity contribution in [2.75, 3.05) is 6.61 Å². The van der Waals surface area contributed by atoms with E-state index < -0.39 is 0 Å². The predicted octanol–water partition coefficient (Wildman–Crippen LogP) is 6.42. The van der Waals surface area contributed by atoms with Gasteiger partial charge in [-0.1, -0.05) is 70.4 Å². The molecule has 0 aromatic rings. The van der Waals surface area contributed by atoms with E-state index in [4.69, 9.17) is 4.74 Å². The minimum absolute atomic E-state index is 0.271. The van der Waals surface area contributed by atoms with Gasteiger partial charge in [-0.2, -0.15) is 0 Å². The highest BCUT2D eigenvalue weighted by Crippen LogP contribution is 2.31. The van der Waals surface area contributed by atoms with Gasteiger partial charge in [0, 0.05) is 0 Å². The van der Waals surface area contributed by atoms with Crippen molar-refractivity contribution in [2.45, 2.75) is 103 Å². The van der Waals surface area contributed by atoms with E-state index in [0.717, 1.165) is 6.61 Å². The first-order valence-electron chi connectivity index (χ1n) is 9.06. The Balaban J connectivity index is 1.71. The van der Waals surface area contributed by atoms with Crippen molar-refractivity contribution >= 4 is 0 Å². The first-order valence-corrected chi connectivity index (χ1v) is 9.06. The largest absolute Gasteiger partial charge is 0.370 e. The van der Waals surface area contributed by atoms with Crippen molar-refractivity contribution in [3.8, 4) is 0 Å². The molecular weight excluding hydrogens is 244 g/mol. The number of hydrogen-bond donors (Lipinski definition) is 0. The Kier molecular flexibility index (Phi) is 10.1. The normalized spacial score (nSPS) is 21.7. The Morgan fingerprint density at radius 2 is 1.30 bits per heavy atom. The van der Waals surface area contributed by atoms with E-state index in [9.17, 15) is 0 Å². The summed E-state index contributed by atoms with van der Waals surface area (Å²) in [5.41, 5.74) is 0.271. The summed E-state index contributed by atoms with van der Waals surface area (Å²) in [7, 11) is 0. The van der Waals surface area contributed by atoms with Gasteiger partial charge in [-0.3, -0.25) is 0 Å². The molecule has 118 valence electrons. The van der Waals surface area contributed by atoms with Crippen LogP contribution in [-0.2, 0) is 4.74 Å². The van der Waals surface area contributed by atoms with Crippen molar-refractivity contribution in [2.24, 2.45) is 0 Å². The molecule has 1 aliphatic heterocycles. The second-order valence-corrected chi connectivity index (χ2v) is 6.72. The quantitative estimate of drug-likeness (QED) is 0.203. The van der Waals surface area contributed by atoms with Crippen molar-refractivity contribution < 1.29 is 4.74 Å². The number of epoxide rings is 1. The molecular formula is C19H36O. The molecule has 1 nitrogen and oxygen atoms in total. The minimum atomic E-state index is 0.271. The summed E-state index contributed by atoms with van der Waals surface area (Å²) in [5, 5.41) is 0. The first-order chi connectivity index (χ1) is 9.77. The van der Waals surface area contributed by atoms with Crippen LogP contribution in [0.2, 0.25) is 0 Å². The van der Waals surface area contributed by atoms with E-state index in [1.54, 1.807) is 0 Å². The Morgan fingerprint density at radius 1 is 0.800 bits per heavy atom. The molecule has 0 spiro atoms. The van der Waals surface area contributed by atoms with Gasteiger partial charge in [0.05, 0.1) is 12.2 Å². The maximum absolute atomic E-state index is 5.40. The molecule has 1 fully saturated rings. The third-order valence-corrected chi connectivity index (χ3v) is 4.35. The highest BCUT2D eigenvalue weighted by molar-refractivity contribution is 4.86. The molecule has 1 heterocycles. The number of allylic oxidation sites excluding steroid dienone is 2. The van der Waals surface area contributed by atoms with Gasteiger partial charge in [-0.15, -0.1) is 0 Å². The van der Waals surface area contributed by atoms with Gasteiger partial charge >= 0.3 is 0 Å². The molecule has 0 amide bonds. The van der Waals surface area contributed by atoms with Gasteiger partial charge in [-0.05, 0) is 39.0 Å². The molecule has 1 unspecified atom stereocenters. The fraction of sp³-hybridized carbons (Fsp3) is 0.895. The molecule has 1 saturated heterocycles. The van der Waals surface area contributed by atoms with Crippen LogP contribution in [0.25, 0.3) is 0 Å². The fourth-order valence-electron chi connectivity index (χ4n) is 2.66. The number of unbranched alkanes of at least 4 members (excludes halogenated alkanes) is 10. The Hall–Kier alpha value is -0.300. The number of ether oxygens (including phenoxy) is 1. The molecule has 0 N–H and O–H groups in total. The van der Waals surface area contributed by atoms with Gasteiger partial charge < -0.3 is 4.74 Å². The standard InChI is InChI=1S/C19H36O/c1-3-4-5-6-7-8-9-10-11-12-13-14-15-16-17-19(2)18-20-19/h11-12H,3-10,13-18H2,1-2H3. The molecule has 0 aliphatic carbocycles. The van der Waals surface area contributed by atoms with E-state index in [0.29, 0.717) is 0 Å². The molecule has 1 rings (SSSR count). The monoisotopic (exact) mass is 280 g/mol. The van der Waals surface area contributed by atoms with Crippen LogP contribution in [0.3, 0.4) is 0 Å². The summed E-state index contributed by atoms with van der Waals surface area (Å²) in [6, 6.07) is 0. The van der Waals surface area contributed by atoms with Crippen molar-refractivity contribution in [1.82, 2.24) is 0 Å². The van der Waals surface area contributed by atoms with Gasteiger partial charge in [-0.25, -0.2) is 0 Å². The zero-order valence-electron chi connectivity index (χ0n) is 14.0. The molecule has 0 radical (unpaired) electrons. The highest BCUT2D eigenvalue weighted by atomic mass is 16.6. The van der Waals surface area contributed by atoms with Crippen molar-refractivity contribution in [1.29, 1.82) is 0 Å². The molecule has 1 aliphatic rings.